The number of hydrogen-bond donors (Lipinski definition) is 1. The molecule has 2 rings (SSSR count). The van der Waals surface area contributed by atoms with Gasteiger partial charge in [0.2, 0.25) is 11.8 Å². The zero-order chi connectivity index (χ0) is 12.4. The molecule has 0 saturated heterocycles. The fraction of sp³-hybridized carbons (Fsp3) is 0.273. The number of benzene rings is 1. The quantitative estimate of drug-likeness (QED) is 0.915. The average molecular weight is 256 g/mol. The first-order valence-corrected chi connectivity index (χ1v) is 5.46. The van der Waals surface area contributed by atoms with Crippen molar-refractivity contribution in [3.05, 3.63) is 46.4 Å². The summed E-state index contributed by atoms with van der Waals surface area (Å²) >= 11 is 5.66. The molecule has 6 heteroatoms. The van der Waals surface area contributed by atoms with Crippen molar-refractivity contribution in [3.8, 4) is 0 Å². The molecular formula is C11H11ClFN3O. The molecule has 1 heterocycles. The van der Waals surface area contributed by atoms with Crippen LogP contribution in [0.25, 0.3) is 0 Å². The third kappa shape index (κ3) is 2.81. The van der Waals surface area contributed by atoms with Crippen molar-refractivity contribution in [2.75, 3.05) is 0 Å². The molecule has 2 aromatic rings. The Labute approximate surface area is 103 Å². The van der Waals surface area contributed by atoms with Gasteiger partial charge >= 0.3 is 0 Å². The Morgan fingerprint density at radius 3 is 2.82 bits per heavy atom. The van der Waals surface area contributed by atoms with E-state index in [9.17, 15) is 4.39 Å². The molecule has 1 aromatic carbocycles. The Bertz CT molecular complexity index is 527. The van der Waals surface area contributed by atoms with Crippen LogP contribution in [0.4, 0.5) is 4.39 Å². The van der Waals surface area contributed by atoms with Crippen LogP contribution in [0.5, 0.6) is 0 Å². The number of nitrogens with two attached hydrogens (primary N) is 1. The minimum absolute atomic E-state index is 0.225. The minimum Gasteiger partial charge on any atom is -0.423 e. The fourth-order valence-corrected chi connectivity index (χ4v) is 1.51. The van der Waals surface area contributed by atoms with Crippen molar-refractivity contribution in [2.45, 2.75) is 19.4 Å². The van der Waals surface area contributed by atoms with Gasteiger partial charge in [-0.3, -0.25) is 0 Å². The van der Waals surface area contributed by atoms with Gasteiger partial charge in [0, 0.05) is 5.02 Å². The molecule has 0 fully saturated rings. The molecule has 0 aliphatic rings. The van der Waals surface area contributed by atoms with Gasteiger partial charge in [0.25, 0.3) is 0 Å². The van der Waals surface area contributed by atoms with E-state index < -0.39 is 5.82 Å². The molecule has 4 nitrogen and oxygen atoms in total. The van der Waals surface area contributed by atoms with Gasteiger partial charge in [0.05, 0.1) is 12.5 Å². The maximum atomic E-state index is 13.5. The summed E-state index contributed by atoms with van der Waals surface area (Å²) in [5.74, 6) is 0.283. The van der Waals surface area contributed by atoms with Gasteiger partial charge in [-0.25, -0.2) is 4.39 Å². The molecule has 0 aliphatic heterocycles. The number of aromatic nitrogens is 2. The zero-order valence-corrected chi connectivity index (χ0v) is 9.91. The van der Waals surface area contributed by atoms with Gasteiger partial charge in [0.15, 0.2) is 0 Å². The number of halogens is 2. The highest BCUT2D eigenvalue weighted by atomic mass is 35.5. The minimum atomic E-state index is -0.391. The SMILES string of the molecule is CC(N)c1nnc(Cc2ccc(Cl)cc2F)o1. The summed E-state index contributed by atoms with van der Waals surface area (Å²) in [6.07, 6.45) is 0.225. The molecule has 17 heavy (non-hydrogen) atoms. The van der Waals surface area contributed by atoms with Crippen LogP contribution < -0.4 is 5.73 Å². The normalized spacial score (nSPS) is 12.7. The smallest absolute Gasteiger partial charge is 0.232 e. The first-order valence-electron chi connectivity index (χ1n) is 5.08. The fourth-order valence-electron chi connectivity index (χ4n) is 1.35. The maximum Gasteiger partial charge on any atom is 0.232 e. The van der Waals surface area contributed by atoms with E-state index in [0.717, 1.165) is 0 Å². The first-order chi connectivity index (χ1) is 8.06. The van der Waals surface area contributed by atoms with E-state index in [1.807, 2.05) is 0 Å². The highest BCUT2D eigenvalue weighted by molar-refractivity contribution is 6.30. The van der Waals surface area contributed by atoms with Crippen LogP contribution in [0.15, 0.2) is 22.6 Å². The van der Waals surface area contributed by atoms with Crippen molar-refractivity contribution in [3.63, 3.8) is 0 Å². The summed E-state index contributed by atoms with van der Waals surface area (Å²) in [6.45, 7) is 1.74. The monoisotopic (exact) mass is 255 g/mol. The molecule has 90 valence electrons. The third-order valence-electron chi connectivity index (χ3n) is 2.23. The van der Waals surface area contributed by atoms with Crippen molar-refractivity contribution in [1.82, 2.24) is 10.2 Å². The predicted octanol–water partition coefficient (Wildman–Crippen LogP) is 2.47. The largest absolute Gasteiger partial charge is 0.423 e. The van der Waals surface area contributed by atoms with Crippen LogP contribution in [0, 0.1) is 5.82 Å². The summed E-state index contributed by atoms with van der Waals surface area (Å²) in [5, 5.41) is 7.92. The van der Waals surface area contributed by atoms with E-state index in [4.69, 9.17) is 21.8 Å². The van der Waals surface area contributed by atoms with Crippen molar-refractivity contribution in [1.29, 1.82) is 0 Å². The maximum absolute atomic E-state index is 13.5. The predicted molar refractivity (Wildman–Crippen MR) is 61.1 cm³/mol. The van der Waals surface area contributed by atoms with Crippen molar-refractivity contribution in [2.24, 2.45) is 5.73 Å². The lowest BCUT2D eigenvalue weighted by atomic mass is 10.1. The Kier molecular flexibility index (Phi) is 3.40. The Morgan fingerprint density at radius 1 is 1.47 bits per heavy atom. The van der Waals surface area contributed by atoms with Crippen LogP contribution in [-0.4, -0.2) is 10.2 Å². The van der Waals surface area contributed by atoms with Gasteiger partial charge in [-0.05, 0) is 24.6 Å². The average Bonchev–Trinajstić information content (AvgIpc) is 2.71. The van der Waals surface area contributed by atoms with Gasteiger partial charge in [-0.15, -0.1) is 10.2 Å². The molecule has 0 amide bonds. The summed E-state index contributed by atoms with van der Waals surface area (Å²) < 4.78 is 18.8. The van der Waals surface area contributed by atoms with Gasteiger partial charge in [-0.2, -0.15) is 0 Å². The second-order valence-electron chi connectivity index (χ2n) is 3.74. The van der Waals surface area contributed by atoms with Gasteiger partial charge in [-0.1, -0.05) is 17.7 Å². The summed E-state index contributed by atoms with van der Waals surface area (Å²) in [7, 11) is 0. The van der Waals surface area contributed by atoms with E-state index in [1.165, 1.54) is 6.07 Å². The van der Waals surface area contributed by atoms with Crippen LogP contribution in [0.1, 0.15) is 30.3 Å². The second-order valence-corrected chi connectivity index (χ2v) is 4.17. The van der Waals surface area contributed by atoms with Crippen LogP contribution >= 0.6 is 11.6 Å². The van der Waals surface area contributed by atoms with E-state index >= 15 is 0 Å². The van der Waals surface area contributed by atoms with Crippen molar-refractivity contribution < 1.29 is 8.81 Å². The molecule has 0 radical (unpaired) electrons. The van der Waals surface area contributed by atoms with Crippen molar-refractivity contribution >= 4 is 11.6 Å². The summed E-state index contributed by atoms with van der Waals surface area (Å²) in [6, 6.07) is 4.13. The van der Waals surface area contributed by atoms with Crippen LogP contribution in [0.2, 0.25) is 5.02 Å². The van der Waals surface area contributed by atoms with Gasteiger partial charge in [0.1, 0.15) is 5.82 Å². The van der Waals surface area contributed by atoms with E-state index in [0.29, 0.717) is 22.4 Å². The molecule has 0 spiro atoms. The molecular weight excluding hydrogens is 245 g/mol. The molecule has 0 aliphatic carbocycles. The van der Waals surface area contributed by atoms with E-state index in [1.54, 1.807) is 19.1 Å². The zero-order valence-electron chi connectivity index (χ0n) is 9.15. The molecule has 1 unspecified atom stereocenters. The lowest BCUT2D eigenvalue weighted by molar-refractivity contribution is 0.431. The Hall–Kier alpha value is -1.46. The number of nitrogens with zero attached hydrogens (tertiary/aromatic N) is 2. The molecule has 1 aromatic heterocycles. The van der Waals surface area contributed by atoms with Crippen LogP contribution in [-0.2, 0) is 6.42 Å². The lowest BCUT2D eigenvalue weighted by Crippen LogP contribution is -2.04. The molecule has 1 atom stereocenters. The first kappa shape index (κ1) is 12.0. The molecule has 0 bridgehead atoms. The second kappa shape index (κ2) is 4.81. The lowest BCUT2D eigenvalue weighted by Gasteiger charge is -2.00. The number of rotatable bonds is 3. The standard InChI is InChI=1S/C11H11ClFN3O/c1-6(14)11-16-15-10(17-11)4-7-2-3-8(12)5-9(7)13/h2-3,5-6H,4,14H2,1H3. The summed E-state index contributed by atoms with van der Waals surface area (Å²) in [5.41, 5.74) is 6.04. The summed E-state index contributed by atoms with van der Waals surface area (Å²) in [4.78, 5) is 0. The molecule has 2 N–H and O–H groups in total. The van der Waals surface area contributed by atoms with E-state index in [-0.39, 0.29) is 12.5 Å². The number of hydrogen-bond acceptors (Lipinski definition) is 4. The Balaban J connectivity index is 2.19. The molecule has 0 saturated carbocycles. The third-order valence-corrected chi connectivity index (χ3v) is 2.46. The highest BCUT2D eigenvalue weighted by Crippen LogP contribution is 2.18. The van der Waals surface area contributed by atoms with E-state index in [2.05, 4.69) is 10.2 Å². The topological polar surface area (TPSA) is 64.9 Å². The van der Waals surface area contributed by atoms with Crippen LogP contribution in [0.3, 0.4) is 0 Å². The Morgan fingerprint density at radius 2 is 2.24 bits per heavy atom. The highest BCUT2D eigenvalue weighted by Gasteiger charge is 2.12. The van der Waals surface area contributed by atoms with Gasteiger partial charge < -0.3 is 10.2 Å².